The van der Waals surface area contributed by atoms with E-state index < -0.39 is 22.2 Å². The fraction of sp³-hybridized carbons (Fsp3) is 0.391. The van der Waals surface area contributed by atoms with E-state index in [9.17, 15) is 26.4 Å². The molecule has 1 aromatic carbocycles. The maximum absolute atomic E-state index is 13.5. The number of thiophene rings is 1. The number of fused-ring (bicyclic) bond motifs is 1. The number of rotatable bonds is 5. The van der Waals surface area contributed by atoms with Crippen molar-refractivity contribution in [3.05, 3.63) is 45.9 Å². The molecule has 1 N–H and O–H groups in total. The first-order valence-corrected chi connectivity index (χ1v) is 14.2. The second-order valence-corrected chi connectivity index (χ2v) is 13.0. The Labute approximate surface area is 229 Å². The van der Waals surface area contributed by atoms with E-state index in [1.54, 1.807) is 49.4 Å². The molecule has 0 radical (unpaired) electrons. The molecule has 3 heterocycles. The molecule has 0 unspecified atom stereocenters. The zero-order valence-electron chi connectivity index (χ0n) is 20.5. The number of carboxylic acid groups (broad SMARTS) is 1. The Bertz CT molecular complexity index is 1430. The third-order valence-electron chi connectivity index (χ3n) is 6.07. The van der Waals surface area contributed by atoms with Gasteiger partial charge in [0.2, 0.25) is 0 Å². The summed E-state index contributed by atoms with van der Waals surface area (Å²) in [5, 5.41) is 7.68. The molecule has 0 aliphatic carbocycles. The van der Waals surface area contributed by atoms with Crippen LogP contribution in [-0.2, 0) is 14.8 Å². The van der Waals surface area contributed by atoms with Gasteiger partial charge in [-0.05, 0) is 79.2 Å². The molecule has 1 saturated heterocycles. The van der Waals surface area contributed by atoms with Gasteiger partial charge in [-0.3, -0.25) is 4.79 Å². The molecule has 1 amide bonds. The van der Waals surface area contributed by atoms with Crippen LogP contribution in [0.2, 0.25) is 0 Å². The number of amides is 1. The highest BCUT2D eigenvalue weighted by Crippen LogP contribution is 2.33. The number of piperidine rings is 1. The van der Waals surface area contributed by atoms with E-state index in [2.05, 4.69) is 27.9 Å². The number of alkyl halides is 3. The predicted molar refractivity (Wildman–Crippen MR) is 139 cm³/mol. The van der Waals surface area contributed by atoms with Gasteiger partial charge in [-0.1, -0.05) is 0 Å². The highest BCUT2D eigenvalue weighted by molar-refractivity contribution is 9.11. The lowest BCUT2D eigenvalue weighted by atomic mass is 10.0. The number of aromatic nitrogens is 1. The number of halogens is 4. The van der Waals surface area contributed by atoms with E-state index in [1.165, 1.54) is 10.2 Å². The fourth-order valence-electron chi connectivity index (χ4n) is 3.95. The maximum Gasteiger partial charge on any atom is 0.490 e. The topological polar surface area (TPSA) is 109 Å². The average molecular weight is 641 g/mol. The Balaban J connectivity index is 0.000000505. The van der Waals surface area contributed by atoms with Crippen LogP contribution >= 0.6 is 27.3 Å². The molecular weight excluding hydrogens is 615 g/mol. The number of aliphatic carboxylic acids is 1. The van der Waals surface area contributed by atoms with Gasteiger partial charge in [0.1, 0.15) is 9.96 Å². The zero-order chi connectivity index (χ0) is 28.4. The minimum Gasteiger partial charge on any atom is -0.497 e. The predicted octanol–water partition coefficient (Wildman–Crippen LogP) is 4.51. The number of benzene rings is 1. The summed E-state index contributed by atoms with van der Waals surface area (Å²) >= 11 is 4.46. The van der Waals surface area contributed by atoms with Crippen molar-refractivity contribution in [2.24, 2.45) is 0 Å². The number of methoxy groups -OCH3 is 1. The van der Waals surface area contributed by atoms with E-state index in [1.807, 2.05) is 0 Å². The van der Waals surface area contributed by atoms with E-state index in [0.29, 0.717) is 22.2 Å². The van der Waals surface area contributed by atoms with Crippen LogP contribution < -0.4 is 4.74 Å². The van der Waals surface area contributed by atoms with Gasteiger partial charge in [0.25, 0.3) is 15.9 Å². The maximum atomic E-state index is 13.5. The summed E-state index contributed by atoms with van der Waals surface area (Å²) in [6.07, 6.45) is -1.86. The molecule has 15 heteroatoms. The van der Waals surface area contributed by atoms with Crippen LogP contribution in [0, 0.1) is 0 Å². The normalized spacial score (nSPS) is 15.1. The Morgan fingerprint density at radius 2 is 1.79 bits per heavy atom. The summed E-state index contributed by atoms with van der Waals surface area (Å²) in [6, 6.07) is 8.49. The SMILES string of the molecule is COc1ccc2c(c1)c(C(=O)N(C)C1CCN(C)CC1)cn2S(=O)(=O)c1ccc(Br)s1.O=C(O)C(F)(F)F. The van der Waals surface area contributed by atoms with Gasteiger partial charge in [-0.15, -0.1) is 11.3 Å². The van der Waals surface area contributed by atoms with Gasteiger partial charge in [0, 0.05) is 24.7 Å². The van der Waals surface area contributed by atoms with E-state index in [4.69, 9.17) is 14.6 Å². The van der Waals surface area contributed by atoms with Crippen LogP contribution in [0.1, 0.15) is 23.2 Å². The number of carbonyl (C=O) groups is 2. The first-order valence-electron chi connectivity index (χ1n) is 11.1. The van der Waals surface area contributed by atoms with Gasteiger partial charge in [0.05, 0.1) is 22.0 Å². The molecule has 1 aliphatic rings. The number of carboxylic acids is 1. The number of ether oxygens (including phenoxy) is 1. The van der Waals surface area contributed by atoms with Crippen molar-refractivity contribution in [1.82, 2.24) is 13.8 Å². The van der Waals surface area contributed by atoms with Crippen LogP contribution in [-0.4, -0.2) is 85.7 Å². The summed E-state index contributed by atoms with van der Waals surface area (Å²) in [7, 11) is 1.57. The summed E-state index contributed by atoms with van der Waals surface area (Å²) < 4.78 is 65.9. The highest BCUT2D eigenvalue weighted by Gasteiger charge is 2.38. The first kappa shape index (κ1) is 29.9. The number of nitrogens with zero attached hydrogens (tertiary/aromatic N) is 3. The van der Waals surface area contributed by atoms with E-state index >= 15 is 0 Å². The van der Waals surface area contributed by atoms with Crippen LogP contribution in [0.3, 0.4) is 0 Å². The Morgan fingerprint density at radius 1 is 1.18 bits per heavy atom. The average Bonchev–Trinajstić information content (AvgIpc) is 3.47. The Hall–Kier alpha value is -2.62. The summed E-state index contributed by atoms with van der Waals surface area (Å²) in [4.78, 5) is 26.4. The van der Waals surface area contributed by atoms with Crippen LogP contribution in [0.4, 0.5) is 13.2 Å². The quantitative estimate of drug-likeness (QED) is 0.437. The molecule has 2 aromatic heterocycles. The zero-order valence-corrected chi connectivity index (χ0v) is 23.7. The van der Waals surface area contributed by atoms with E-state index in [0.717, 1.165) is 41.1 Å². The van der Waals surface area contributed by atoms with E-state index in [-0.39, 0.29) is 16.2 Å². The first-order chi connectivity index (χ1) is 17.7. The molecule has 1 fully saturated rings. The minimum absolute atomic E-state index is 0.123. The molecule has 9 nitrogen and oxygen atoms in total. The molecular formula is C23H25BrF3N3O6S2. The summed E-state index contributed by atoms with van der Waals surface area (Å²) in [6.45, 7) is 1.86. The van der Waals surface area contributed by atoms with Crippen molar-refractivity contribution >= 4 is 60.1 Å². The van der Waals surface area contributed by atoms with Crippen molar-refractivity contribution in [1.29, 1.82) is 0 Å². The van der Waals surface area contributed by atoms with Crippen molar-refractivity contribution in [3.63, 3.8) is 0 Å². The standard InChI is InChI=1S/C21H24BrN3O4S2.C2HF3O2/c1-23-10-8-14(9-11-23)24(2)21(26)17-13-25(18-5-4-15(29-3)12-16(17)18)31(27,28)20-7-6-19(22)30-20;3-2(4,5)1(6)7/h4-7,12-14H,8-11H2,1-3H3;(H,6,7). The minimum atomic E-state index is -5.08. The molecule has 3 aromatic rings. The van der Waals surface area contributed by atoms with Gasteiger partial charge in [-0.2, -0.15) is 21.6 Å². The van der Waals surface area contributed by atoms with Crippen LogP contribution in [0.15, 0.2) is 44.5 Å². The molecule has 4 rings (SSSR count). The Kier molecular flexibility index (Phi) is 9.16. The monoisotopic (exact) mass is 639 g/mol. The largest absolute Gasteiger partial charge is 0.497 e. The smallest absolute Gasteiger partial charge is 0.490 e. The molecule has 0 bridgehead atoms. The number of likely N-dealkylation sites (tertiary alicyclic amines) is 1. The highest BCUT2D eigenvalue weighted by atomic mass is 79.9. The molecule has 38 heavy (non-hydrogen) atoms. The number of hydrogen-bond donors (Lipinski definition) is 1. The molecule has 0 spiro atoms. The third kappa shape index (κ3) is 6.50. The second kappa shape index (κ2) is 11.6. The van der Waals surface area contributed by atoms with Crippen molar-refractivity contribution in [3.8, 4) is 5.75 Å². The molecule has 0 saturated carbocycles. The third-order valence-corrected chi connectivity index (χ3v) is 9.83. The number of hydrogen-bond acceptors (Lipinski definition) is 7. The fourth-order valence-corrected chi connectivity index (χ4v) is 7.42. The van der Waals surface area contributed by atoms with Gasteiger partial charge >= 0.3 is 12.1 Å². The summed E-state index contributed by atoms with van der Waals surface area (Å²) in [5.41, 5.74) is 0.806. The molecule has 1 aliphatic heterocycles. The summed E-state index contributed by atoms with van der Waals surface area (Å²) in [5.74, 6) is -2.38. The second-order valence-electron chi connectivity index (χ2n) is 8.54. The lowest BCUT2D eigenvalue weighted by Crippen LogP contribution is -2.44. The van der Waals surface area contributed by atoms with Gasteiger partial charge < -0.3 is 19.6 Å². The van der Waals surface area contributed by atoms with Crippen molar-refractivity contribution in [2.45, 2.75) is 29.3 Å². The van der Waals surface area contributed by atoms with Gasteiger partial charge in [0.15, 0.2) is 0 Å². The van der Waals surface area contributed by atoms with Gasteiger partial charge in [-0.25, -0.2) is 8.77 Å². The van der Waals surface area contributed by atoms with Crippen LogP contribution in [0.5, 0.6) is 5.75 Å². The number of carbonyl (C=O) groups excluding carboxylic acids is 1. The molecule has 0 atom stereocenters. The van der Waals surface area contributed by atoms with Crippen molar-refractivity contribution < 1.29 is 41.0 Å². The lowest BCUT2D eigenvalue weighted by molar-refractivity contribution is -0.192. The van der Waals surface area contributed by atoms with Crippen LogP contribution in [0.25, 0.3) is 10.9 Å². The molecule has 208 valence electrons. The van der Waals surface area contributed by atoms with Crippen molar-refractivity contribution in [2.75, 3.05) is 34.3 Å². The lowest BCUT2D eigenvalue weighted by Gasteiger charge is -2.35. The Morgan fingerprint density at radius 3 is 2.29 bits per heavy atom.